The molecule has 0 aromatic heterocycles. The lowest BCUT2D eigenvalue weighted by Gasteiger charge is -2.07. The van der Waals surface area contributed by atoms with Crippen LogP contribution in [-0.2, 0) is 6.42 Å². The minimum atomic E-state index is 1.08. The predicted molar refractivity (Wildman–Crippen MR) is 69.0 cm³/mol. The van der Waals surface area contributed by atoms with Gasteiger partial charge in [-0.3, -0.25) is 0 Å². The van der Waals surface area contributed by atoms with Gasteiger partial charge in [-0.15, -0.1) is 0 Å². The van der Waals surface area contributed by atoms with E-state index in [1.54, 1.807) is 0 Å². The van der Waals surface area contributed by atoms with E-state index in [1.807, 2.05) is 0 Å². The normalized spacial score (nSPS) is 14.1. The van der Waals surface area contributed by atoms with Gasteiger partial charge in [0.25, 0.3) is 0 Å². The van der Waals surface area contributed by atoms with Crippen molar-refractivity contribution in [1.29, 1.82) is 0 Å². The molecule has 3 rings (SSSR count). The van der Waals surface area contributed by atoms with Crippen LogP contribution in [-0.4, -0.2) is 0 Å². The molecule has 1 heteroatoms. The van der Waals surface area contributed by atoms with Gasteiger partial charge in [0, 0.05) is 4.47 Å². The molecule has 0 radical (unpaired) electrons. The molecule has 0 bridgehead atoms. The highest BCUT2D eigenvalue weighted by Gasteiger charge is 2.15. The first-order valence-electron chi connectivity index (χ1n) is 5.13. The smallest absolute Gasteiger partial charge is 0.0222 e. The van der Waals surface area contributed by atoms with Crippen LogP contribution >= 0.6 is 15.9 Å². The van der Waals surface area contributed by atoms with Crippen LogP contribution in [0, 0.1) is 0 Å². The number of fused-ring (bicyclic) bond motifs is 3. The topological polar surface area (TPSA) is 0 Å². The fourth-order valence-corrected chi connectivity index (χ4v) is 2.90. The van der Waals surface area contributed by atoms with Crippen LogP contribution < -0.4 is 0 Å². The monoisotopic (exact) mass is 258 g/mol. The van der Waals surface area contributed by atoms with E-state index in [4.69, 9.17) is 0 Å². The summed E-state index contributed by atoms with van der Waals surface area (Å²) in [6.07, 6.45) is 3.39. The Kier molecular flexibility index (Phi) is 1.96. The number of allylic oxidation sites excluding steroid dienone is 1. The number of hydrogen-bond acceptors (Lipinski definition) is 0. The molecular weight excluding hydrogens is 248 g/mol. The van der Waals surface area contributed by atoms with Gasteiger partial charge in [0.2, 0.25) is 0 Å². The van der Waals surface area contributed by atoms with Crippen molar-refractivity contribution < 1.29 is 0 Å². The van der Waals surface area contributed by atoms with Gasteiger partial charge in [-0.25, -0.2) is 0 Å². The second-order valence-corrected chi connectivity index (χ2v) is 4.99. The van der Waals surface area contributed by atoms with Crippen LogP contribution in [0.25, 0.3) is 16.8 Å². The van der Waals surface area contributed by atoms with Crippen LogP contribution in [0.2, 0.25) is 0 Å². The van der Waals surface area contributed by atoms with Crippen molar-refractivity contribution in [3.63, 3.8) is 0 Å². The van der Waals surface area contributed by atoms with E-state index in [0.29, 0.717) is 0 Å². The number of benzene rings is 2. The van der Waals surface area contributed by atoms with Crippen LogP contribution in [0.15, 0.2) is 40.4 Å². The van der Waals surface area contributed by atoms with Gasteiger partial charge in [-0.05, 0) is 41.3 Å². The third kappa shape index (κ3) is 1.34. The van der Waals surface area contributed by atoms with Gasteiger partial charge in [0.05, 0.1) is 0 Å². The fourth-order valence-electron chi connectivity index (χ4n) is 2.30. The Morgan fingerprint density at radius 3 is 2.87 bits per heavy atom. The Balaban J connectivity index is 2.46. The molecule has 0 nitrogen and oxygen atoms in total. The zero-order chi connectivity index (χ0) is 10.4. The number of hydrogen-bond donors (Lipinski definition) is 0. The Morgan fingerprint density at radius 1 is 1.20 bits per heavy atom. The van der Waals surface area contributed by atoms with Gasteiger partial charge in [0.1, 0.15) is 0 Å². The van der Waals surface area contributed by atoms with E-state index in [-0.39, 0.29) is 0 Å². The summed E-state index contributed by atoms with van der Waals surface area (Å²) in [5.74, 6) is 0. The van der Waals surface area contributed by atoms with E-state index in [9.17, 15) is 0 Å². The molecule has 0 spiro atoms. The lowest BCUT2D eigenvalue weighted by atomic mass is 10.0. The molecule has 2 aromatic rings. The summed E-state index contributed by atoms with van der Waals surface area (Å²) in [6, 6.07) is 10.8. The van der Waals surface area contributed by atoms with Gasteiger partial charge in [0.15, 0.2) is 0 Å². The summed E-state index contributed by atoms with van der Waals surface area (Å²) in [6.45, 7) is 2.20. The van der Waals surface area contributed by atoms with E-state index in [1.165, 1.54) is 31.9 Å². The van der Waals surface area contributed by atoms with Crippen LogP contribution in [0.1, 0.15) is 18.1 Å². The summed E-state index contributed by atoms with van der Waals surface area (Å²) in [5.41, 5.74) is 4.28. The van der Waals surface area contributed by atoms with E-state index in [2.05, 4.69) is 59.3 Å². The summed E-state index contributed by atoms with van der Waals surface area (Å²) in [7, 11) is 0. The van der Waals surface area contributed by atoms with Crippen molar-refractivity contribution in [2.45, 2.75) is 13.3 Å². The molecule has 0 saturated heterocycles. The summed E-state index contributed by atoms with van der Waals surface area (Å²) in [4.78, 5) is 0. The first-order valence-corrected chi connectivity index (χ1v) is 5.92. The van der Waals surface area contributed by atoms with Crippen LogP contribution in [0.5, 0.6) is 0 Å². The Labute approximate surface area is 97.7 Å². The number of rotatable bonds is 0. The largest absolute Gasteiger partial charge is 0.0682 e. The second kappa shape index (κ2) is 3.21. The average molecular weight is 259 g/mol. The van der Waals surface area contributed by atoms with Crippen molar-refractivity contribution in [3.8, 4) is 0 Å². The molecule has 74 valence electrons. The quantitative estimate of drug-likeness (QED) is 0.650. The Bertz CT molecular complexity index is 579. The highest BCUT2D eigenvalue weighted by atomic mass is 79.9. The molecule has 0 amide bonds. The summed E-state index contributed by atoms with van der Waals surface area (Å²) < 4.78 is 1.24. The van der Waals surface area contributed by atoms with E-state index < -0.39 is 0 Å². The molecule has 1 aliphatic rings. The molecule has 15 heavy (non-hydrogen) atoms. The molecule has 0 saturated carbocycles. The Hall–Kier alpha value is -1.08. The highest BCUT2D eigenvalue weighted by Crippen LogP contribution is 2.36. The maximum atomic E-state index is 3.66. The lowest BCUT2D eigenvalue weighted by Crippen LogP contribution is -1.87. The van der Waals surface area contributed by atoms with Crippen LogP contribution in [0.4, 0.5) is 0 Å². The zero-order valence-electron chi connectivity index (χ0n) is 8.55. The molecule has 0 N–H and O–H groups in total. The van der Waals surface area contributed by atoms with Crippen LogP contribution in [0.3, 0.4) is 0 Å². The van der Waals surface area contributed by atoms with Crippen molar-refractivity contribution in [2.24, 2.45) is 0 Å². The molecule has 0 fully saturated rings. The zero-order valence-corrected chi connectivity index (χ0v) is 10.1. The SMILES string of the molecule is CC1=Cc2c(c(Br)cc3ccccc23)C1. The van der Waals surface area contributed by atoms with Crippen molar-refractivity contribution in [2.75, 3.05) is 0 Å². The van der Waals surface area contributed by atoms with Crippen molar-refractivity contribution >= 4 is 32.8 Å². The average Bonchev–Trinajstić information content (AvgIpc) is 2.61. The molecule has 0 aliphatic heterocycles. The summed E-state index contributed by atoms with van der Waals surface area (Å²) >= 11 is 3.66. The van der Waals surface area contributed by atoms with E-state index >= 15 is 0 Å². The molecule has 0 heterocycles. The summed E-state index contributed by atoms with van der Waals surface area (Å²) in [5, 5.41) is 2.68. The molecular formula is C14H11Br. The molecule has 0 atom stereocenters. The highest BCUT2D eigenvalue weighted by molar-refractivity contribution is 9.10. The van der Waals surface area contributed by atoms with Gasteiger partial charge in [-0.2, -0.15) is 0 Å². The first kappa shape index (κ1) is 9.17. The van der Waals surface area contributed by atoms with Crippen molar-refractivity contribution in [3.05, 3.63) is 51.5 Å². The van der Waals surface area contributed by atoms with E-state index in [0.717, 1.165) is 6.42 Å². The third-order valence-electron chi connectivity index (χ3n) is 2.99. The predicted octanol–water partition coefficient (Wildman–Crippen LogP) is 4.56. The Morgan fingerprint density at radius 2 is 2.00 bits per heavy atom. The molecule has 1 aliphatic carbocycles. The maximum Gasteiger partial charge on any atom is 0.0222 e. The standard InChI is InChI=1S/C14H11Br/c1-9-6-12-11-5-3-2-4-10(11)8-14(15)13(12)7-9/h2-6,8H,7H2,1H3. The lowest BCUT2D eigenvalue weighted by molar-refractivity contribution is 1.19. The van der Waals surface area contributed by atoms with Crippen molar-refractivity contribution in [1.82, 2.24) is 0 Å². The van der Waals surface area contributed by atoms with Gasteiger partial charge < -0.3 is 0 Å². The molecule has 2 aromatic carbocycles. The first-order chi connectivity index (χ1) is 7.25. The second-order valence-electron chi connectivity index (χ2n) is 4.14. The molecule has 0 unspecified atom stereocenters. The number of halogens is 1. The van der Waals surface area contributed by atoms with Gasteiger partial charge >= 0.3 is 0 Å². The fraction of sp³-hybridized carbons (Fsp3) is 0.143. The third-order valence-corrected chi connectivity index (χ3v) is 3.70. The minimum Gasteiger partial charge on any atom is -0.0682 e. The van der Waals surface area contributed by atoms with Gasteiger partial charge in [-0.1, -0.05) is 51.8 Å². The minimum absolute atomic E-state index is 1.08. The maximum absolute atomic E-state index is 3.66.